The fraction of sp³-hybridized carbons (Fsp3) is 0.462. The van der Waals surface area contributed by atoms with E-state index in [1.54, 1.807) is 12.1 Å². The van der Waals surface area contributed by atoms with Gasteiger partial charge in [0.05, 0.1) is 11.5 Å². The van der Waals surface area contributed by atoms with E-state index in [1.165, 1.54) is 12.1 Å². The molecule has 0 spiro atoms. The summed E-state index contributed by atoms with van der Waals surface area (Å²) in [5, 5.41) is 16.3. The molecule has 1 amide bonds. The molecule has 1 aromatic carbocycles. The molecule has 6 heteroatoms. The van der Waals surface area contributed by atoms with Gasteiger partial charge in [-0.1, -0.05) is 19.1 Å². The van der Waals surface area contributed by atoms with Crippen LogP contribution < -0.4 is 10.6 Å². The van der Waals surface area contributed by atoms with Crippen LogP contribution in [0.1, 0.15) is 25.8 Å². The molecule has 19 heavy (non-hydrogen) atoms. The summed E-state index contributed by atoms with van der Waals surface area (Å²) < 4.78 is 0. The maximum absolute atomic E-state index is 11.5. The zero-order chi connectivity index (χ0) is 14.3. The second-order valence-electron chi connectivity index (χ2n) is 4.39. The molecule has 104 valence electrons. The lowest BCUT2D eigenvalue weighted by Crippen LogP contribution is -2.37. The van der Waals surface area contributed by atoms with E-state index in [-0.39, 0.29) is 18.1 Å². The summed E-state index contributed by atoms with van der Waals surface area (Å²) in [6.07, 6.45) is 0.968. The minimum Gasteiger partial charge on any atom is -0.351 e. The summed E-state index contributed by atoms with van der Waals surface area (Å²) in [4.78, 5) is 21.6. The minimum absolute atomic E-state index is 0.0495. The number of carbonyl (C=O) groups excluding carboxylic acids is 1. The van der Waals surface area contributed by atoms with Gasteiger partial charge in [0.15, 0.2) is 0 Å². The standard InChI is InChI=1S/C13H19N3O3/c1-3-10(2)14-9-13(17)15-8-11-4-6-12(7-5-11)16(18)19/h4-7,10,14H,3,8-9H2,1-2H3,(H,15,17). The van der Waals surface area contributed by atoms with E-state index >= 15 is 0 Å². The van der Waals surface area contributed by atoms with Crippen molar-refractivity contribution in [3.63, 3.8) is 0 Å². The molecular formula is C13H19N3O3. The molecule has 1 unspecified atom stereocenters. The summed E-state index contributed by atoms with van der Waals surface area (Å²) in [6, 6.07) is 6.45. The summed E-state index contributed by atoms with van der Waals surface area (Å²) in [7, 11) is 0. The van der Waals surface area contributed by atoms with Gasteiger partial charge in [0.2, 0.25) is 5.91 Å². The van der Waals surface area contributed by atoms with Crippen molar-refractivity contribution in [1.29, 1.82) is 0 Å². The van der Waals surface area contributed by atoms with Crippen LogP contribution in [0, 0.1) is 10.1 Å². The number of nitrogens with zero attached hydrogens (tertiary/aromatic N) is 1. The molecule has 1 rings (SSSR count). The van der Waals surface area contributed by atoms with Gasteiger partial charge in [-0.3, -0.25) is 14.9 Å². The van der Waals surface area contributed by atoms with E-state index in [9.17, 15) is 14.9 Å². The summed E-state index contributed by atoms with van der Waals surface area (Å²) in [5.74, 6) is -0.0846. The fourth-order valence-electron chi connectivity index (χ4n) is 1.41. The van der Waals surface area contributed by atoms with Crippen molar-refractivity contribution in [2.75, 3.05) is 6.54 Å². The van der Waals surface area contributed by atoms with Crippen LogP contribution in [0.5, 0.6) is 0 Å². The maximum atomic E-state index is 11.5. The lowest BCUT2D eigenvalue weighted by atomic mass is 10.2. The molecular weight excluding hydrogens is 246 g/mol. The predicted octanol–water partition coefficient (Wildman–Crippen LogP) is 1.60. The number of rotatable bonds is 7. The number of carbonyl (C=O) groups is 1. The van der Waals surface area contributed by atoms with Crippen LogP contribution in [0.3, 0.4) is 0 Å². The minimum atomic E-state index is -0.446. The Balaban J connectivity index is 2.35. The molecule has 6 nitrogen and oxygen atoms in total. The van der Waals surface area contributed by atoms with Gasteiger partial charge in [-0.05, 0) is 18.9 Å². The number of nitro benzene ring substituents is 1. The highest BCUT2D eigenvalue weighted by atomic mass is 16.6. The molecule has 0 radical (unpaired) electrons. The van der Waals surface area contributed by atoms with Crippen molar-refractivity contribution in [1.82, 2.24) is 10.6 Å². The van der Waals surface area contributed by atoms with Crippen LogP contribution in [0.2, 0.25) is 0 Å². The Kier molecular flexibility index (Phi) is 5.95. The summed E-state index contributed by atoms with van der Waals surface area (Å²) in [5.41, 5.74) is 0.885. The number of nitrogens with one attached hydrogen (secondary N) is 2. The van der Waals surface area contributed by atoms with E-state index in [2.05, 4.69) is 10.6 Å². The zero-order valence-electron chi connectivity index (χ0n) is 11.2. The van der Waals surface area contributed by atoms with Gasteiger partial charge in [0, 0.05) is 24.7 Å². The Hall–Kier alpha value is -1.95. The summed E-state index contributed by atoms with van der Waals surface area (Å²) >= 11 is 0. The Morgan fingerprint density at radius 3 is 2.53 bits per heavy atom. The van der Waals surface area contributed by atoms with Crippen molar-refractivity contribution in [3.8, 4) is 0 Å². The Morgan fingerprint density at radius 2 is 2.00 bits per heavy atom. The second-order valence-corrected chi connectivity index (χ2v) is 4.39. The number of amides is 1. The zero-order valence-corrected chi connectivity index (χ0v) is 11.2. The van der Waals surface area contributed by atoms with Crippen molar-refractivity contribution in [2.45, 2.75) is 32.9 Å². The number of hydrogen-bond donors (Lipinski definition) is 2. The highest BCUT2D eigenvalue weighted by Gasteiger charge is 2.06. The highest BCUT2D eigenvalue weighted by Crippen LogP contribution is 2.11. The average molecular weight is 265 g/mol. The lowest BCUT2D eigenvalue weighted by molar-refractivity contribution is -0.384. The van der Waals surface area contributed by atoms with E-state index in [4.69, 9.17) is 0 Å². The van der Waals surface area contributed by atoms with Gasteiger partial charge < -0.3 is 10.6 Å². The molecule has 1 aromatic rings. The number of non-ortho nitro benzene ring substituents is 1. The summed E-state index contributed by atoms with van der Waals surface area (Å²) in [6.45, 7) is 4.72. The smallest absolute Gasteiger partial charge is 0.269 e. The third kappa shape index (κ3) is 5.48. The molecule has 0 aromatic heterocycles. The van der Waals surface area contributed by atoms with Gasteiger partial charge in [0.1, 0.15) is 0 Å². The van der Waals surface area contributed by atoms with Gasteiger partial charge in [0.25, 0.3) is 5.69 Å². The highest BCUT2D eigenvalue weighted by molar-refractivity contribution is 5.78. The molecule has 2 N–H and O–H groups in total. The topological polar surface area (TPSA) is 84.3 Å². The molecule has 0 aliphatic rings. The molecule has 0 aliphatic carbocycles. The predicted molar refractivity (Wildman–Crippen MR) is 72.7 cm³/mol. The molecule has 0 fully saturated rings. The number of nitro groups is 1. The van der Waals surface area contributed by atoms with Crippen molar-refractivity contribution in [3.05, 3.63) is 39.9 Å². The van der Waals surface area contributed by atoms with Crippen LogP contribution in [-0.4, -0.2) is 23.4 Å². The Bertz CT molecular complexity index is 431. The monoisotopic (exact) mass is 265 g/mol. The van der Waals surface area contributed by atoms with Gasteiger partial charge in [-0.2, -0.15) is 0 Å². The van der Waals surface area contributed by atoms with Crippen molar-refractivity contribution < 1.29 is 9.72 Å². The van der Waals surface area contributed by atoms with Crippen LogP contribution in [0.4, 0.5) is 5.69 Å². The maximum Gasteiger partial charge on any atom is 0.269 e. The third-order valence-corrected chi connectivity index (χ3v) is 2.86. The number of benzene rings is 1. The van der Waals surface area contributed by atoms with E-state index in [0.29, 0.717) is 12.6 Å². The molecule has 0 bridgehead atoms. The van der Waals surface area contributed by atoms with Crippen molar-refractivity contribution >= 4 is 11.6 Å². The number of hydrogen-bond acceptors (Lipinski definition) is 4. The van der Waals surface area contributed by atoms with Crippen molar-refractivity contribution in [2.24, 2.45) is 0 Å². The lowest BCUT2D eigenvalue weighted by Gasteiger charge is -2.11. The molecule has 0 saturated carbocycles. The largest absolute Gasteiger partial charge is 0.351 e. The van der Waals surface area contributed by atoms with Crippen LogP contribution in [0.25, 0.3) is 0 Å². The van der Waals surface area contributed by atoms with E-state index in [1.807, 2.05) is 13.8 Å². The average Bonchev–Trinajstić information content (AvgIpc) is 2.42. The fourth-order valence-corrected chi connectivity index (χ4v) is 1.41. The molecule has 1 atom stereocenters. The van der Waals surface area contributed by atoms with Crippen LogP contribution >= 0.6 is 0 Å². The molecule has 0 aliphatic heterocycles. The SMILES string of the molecule is CCC(C)NCC(=O)NCc1ccc([N+](=O)[O-])cc1. The molecule has 0 saturated heterocycles. The normalized spacial score (nSPS) is 11.9. The first-order valence-corrected chi connectivity index (χ1v) is 6.26. The first kappa shape index (κ1) is 15.1. The Labute approximate surface area is 112 Å². The third-order valence-electron chi connectivity index (χ3n) is 2.86. The van der Waals surface area contributed by atoms with Gasteiger partial charge in [-0.25, -0.2) is 0 Å². The van der Waals surface area contributed by atoms with E-state index < -0.39 is 4.92 Å². The Morgan fingerprint density at radius 1 is 1.37 bits per heavy atom. The quantitative estimate of drug-likeness (QED) is 0.579. The van der Waals surface area contributed by atoms with Crippen LogP contribution in [-0.2, 0) is 11.3 Å². The first-order chi connectivity index (χ1) is 9.02. The first-order valence-electron chi connectivity index (χ1n) is 6.26. The van der Waals surface area contributed by atoms with E-state index in [0.717, 1.165) is 12.0 Å². The van der Waals surface area contributed by atoms with Crippen LogP contribution in [0.15, 0.2) is 24.3 Å². The molecule has 0 heterocycles. The second kappa shape index (κ2) is 7.48. The van der Waals surface area contributed by atoms with Gasteiger partial charge in [-0.15, -0.1) is 0 Å². The van der Waals surface area contributed by atoms with Gasteiger partial charge >= 0.3 is 0 Å².